The number of nitrogens with zero attached hydrogens (tertiary/aromatic N) is 2. The van der Waals surface area contributed by atoms with Gasteiger partial charge in [-0.05, 0) is 37.1 Å². The third-order valence-electron chi connectivity index (χ3n) is 5.16. The number of β-amino-alcohol motifs (C(OH)–C–C–N with tert-alkyl or cyclic N) is 1. The molecule has 0 amide bonds. The Morgan fingerprint density at radius 2 is 1.92 bits per heavy atom. The fraction of sp³-hybridized carbons (Fsp3) is 0.350. The predicted molar refractivity (Wildman–Crippen MR) is 94.6 cm³/mol. The Bertz CT molecular complexity index is 828. The molecule has 2 aliphatic rings. The molecule has 0 bridgehead atoms. The number of ether oxygens (including phenoxy) is 1. The van der Waals surface area contributed by atoms with Crippen LogP contribution in [0.4, 0.5) is 10.1 Å². The summed E-state index contributed by atoms with van der Waals surface area (Å²) in [4.78, 5) is 2.11. The van der Waals surface area contributed by atoms with E-state index in [0.29, 0.717) is 17.9 Å². The van der Waals surface area contributed by atoms with Crippen LogP contribution in [0.3, 0.4) is 0 Å². The Kier molecular flexibility index (Phi) is 5.34. The van der Waals surface area contributed by atoms with Gasteiger partial charge in [-0.1, -0.05) is 18.2 Å². The SMILES string of the molecule is COc1ccc(C2(O)CN(c3ccccc3)C3=[N+]2CCCC3)c(F)c1.[Br-]. The van der Waals surface area contributed by atoms with Gasteiger partial charge in [0.05, 0.1) is 19.2 Å². The van der Waals surface area contributed by atoms with Crippen LogP contribution >= 0.6 is 0 Å². The van der Waals surface area contributed by atoms with E-state index < -0.39 is 11.5 Å². The first kappa shape index (κ1) is 18.9. The lowest BCUT2D eigenvalue weighted by atomic mass is 10.0. The van der Waals surface area contributed by atoms with Gasteiger partial charge in [0, 0.05) is 12.5 Å². The van der Waals surface area contributed by atoms with Crippen LogP contribution in [0, 0.1) is 5.82 Å². The maximum Gasteiger partial charge on any atom is 0.273 e. The number of aliphatic hydroxyl groups is 1. The van der Waals surface area contributed by atoms with Crippen molar-refractivity contribution in [3.63, 3.8) is 0 Å². The highest BCUT2D eigenvalue weighted by molar-refractivity contribution is 5.96. The van der Waals surface area contributed by atoms with Gasteiger partial charge in [-0.25, -0.2) is 13.9 Å². The largest absolute Gasteiger partial charge is 1.00 e. The maximum absolute atomic E-state index is 14.7. The summed E-state index contributed by atoms with van der Waals surface area (Å²) in [6.07, 6.45) is 2.96. The van der Waals surface area contributed by atoms with Gasteiger partial charge in [-0.3, -0.25) is 0 Å². The molecule has 0 aromatic heterocycles. The number of benzene rings is 2. The van der Waals surface area contributed by atoms with Crippen LogP contribution < -0.4 is 26.6 Å². The molecule has 1 atom stereocenters. The summed E-state index contributed by atoms with van der Waals surface area (Å²) in [5, 5.41) is 11.5. The maximum atomic E-state index is 14.7. The van der Waals surface area contributed by atoms with Gasteiger partial charge >= 0.3 is 0 Å². The molecule has 0 aliphatic carbocycles. The Hall–Kier alpha value is -1.92. The zero-order chi connectivity index (χ0) is 17.4. The van der Waals surface area contributed by atoms with Gasteiger partial charge in [-0.15, -0.1) is 0 Å². The molecule has 0 radical (unpaired) electrons. The molecule has 0 spiro atoms. The van der Waals surface area contributed by atoms with Gasteiger partial charge in [0.15, 0.2) is 6.54 Å². The van der Waals surface area contributed by atoms with Crippen LogP contribution in [0.5, 0.6) is 5.75 Å². The molecule has 0 saturated heterocycles. The second kappa shape index (κ2) is 7.37. The third kappa shape index (κ3) is 3.01. The van der Waals surface area contributed by atoms with E-state index in [4.69, 9.17) is 4.74 Å². The van der Waals surface area contributed by atoms with Crippen LogP contribution in [-0.2, 0) is 5.72 Å². The van der Waals surface area contributed by atoms with E-state index in [1.807, 2.05) is 34.9 Å². The highest BCUT2D eigenvalue weighted by Gasteiger charge is 2.53. The molecular weight excluding hydrogens is 399 g/mol. The Labute approximate surface area is 163 Å². The van der Waals surface area contributed by atoms with E-state index in [9.17, 15) is 9.50 Å². The average molecular weight is 421 g/mol. The fourth-order valence-corrected chi connectivity index (χ4v) is 3.92. The minimum Gasteiger partial charge on any atom is -1.00 e. The van der Waals surface area contributed by atoms with Gasteiger partial charge in [0.2, 0.25) is 0 Å². The molecule has 0 saturated carbocycles. The molecule has 1 unspecified atom stereocenters. The summed E-state index contributed by atoms with van der Waals surface area (Å²) >= 11 is 0. The lowest BCUT2D eigenvalue weighted by Crippen LogP contribution is -3.00. The summed E-state index contributed by atoms with van der Waals surface area (Å²) in [6.45, 7) is 1.04. The molecule has 138 valence electrons. The zero-order valence-electron chi connectivity index (χ0n) is 14.7. The van der Waals surface area contributed by atoms with Crippen molar-refractivity contribution >= 4 is 11.5 Å². The molecule has 4 nitrogen and oxygen atoms in total. The van der Waals surface area contributed by atoms with E-state index in [2.05, 4.69) is 4.90 Å². The number of hydrogen-bond donors (Lipinski definition) is 1. The number of methoxy groups -OCH3 is 1. The smallest absolute Gasteiger partial charge is 0.273 e. The minimum atomic E-state index is -1.37. The minimum absolute atomic E-state index is 0. The van der Waals surface area contributed by atoms with Crippen molar-refractivity contribution in [1.82, 2.24) is 0 Å². The lowest BCUT2D eigenvalue weighted by molar-refractivity contribution is -0.661. The summed E-state index contributed by atoms with van der Waals surface area (Å²) in [5.74, 6) is 1.07. The van der Waals surface area contributed by atoms with E-state index in [-0.39, 0.29) is 17.0 Å². The molecule has 26 heavy (non-hydrogen) atoms. The summed E-state index contributed by atoms with van der Waals surface area (Å²) in [5.41, 5.74) is -0.0533. The third-order valence-corrected chi connectivity index (χ3v) is 5.16. The van der Waals surface area contributed by atoms with Crippen molar-refractivity contribution in [3.8, 4) is 5.75 Å². The second-order valence-electron chi connectivity index (χ2n) is 6.61. The van der Waals surface area contributed by atoms with Gasteiger partial charge in [-0.2, -0.15) is 0 Å². The molecule has 2 aliphatic heterocycles. The number of anilines is 1. The van der Waals surface area contributed by atoms with E-state index in [1.165, 1.54) is 13.2 Å². The first-order valence-electron chi connectivity index (χ1n) is 8.66. The highest BCUT2D eigenvalue weighted by atomic mass is 79.9. The van der Waals surface area contributed by atoms with Gasteiger partial charge in [0.1, 0.15) is 17.3 Å². The lowest BCUT2D eigenvalue weighted by Gasteiger charge is -2.25. The monoisotopic (exact) mass is 420 g/mol. The van der Waals surface area contributed by atoms with Crippen molar-refractivity contribution in [1.29, 1.82) is 0 Å². The van der Waals surface area contributed by atoms with Gasteiger partial charge in [0.25, 0.3) is 11.6 Å². The Morgan fingerprint density at radius 1 is 1.15 bits per heavy atom. The number of hydrogen-bond acceptors (Lipinski definition) is 3. The quantitative estimate of drug-likeness (QED) is 0.715. The number of amidine groups is 1. The van der Waals surface area contributed by atoms with Crippen molar-refractivity contribution in [2.24, 2.45) is 0 Å². The second-order valence-corrected chi connectivity index (χ2v) is 6.61. The summed E-state index contributed by atoms with van der Waals surface area (Å²) in [7, 11) is 1.51. The van der Waals surface area contributed by atoms with Crippen molar-refractivity contribution in [2.75, 3.05) is 25.1 Å². The highest BCUT2D eigenvalue weighted by Crippen LogP contribution is 2.37. The van der Waals surface area contributed by atoms with E-state index >= 15 is 0 Å². The summed E-state index contributed by atoms with van der Waals surface area (Å²) in [6, 6.07) is 14.6. The van der Waals surface area contributed by atoms with Crippen LogP contribution in [0.1, 0.15) is 24.8 Å². The Balaban J connectivity index is 0.00000196. The van der Waals surface area contributed by atoms with E-state index in [0.717, 1.165) is 37.3 Å². The van der Waals surface area contributed by atoms with Crippen molar-refractivity contribution in [2.45, 2.75) is 25.0 Å². The molecule has 2 heterocycles. The molecule has 2 aromatic carbocycles. The van der Waals surface area contributed by atoms with Crippen LogP contribution in [0.25, 0.3) is 0 Å². The molecule has 6 heteroatoms. The van der Waals surface area contributed by atoms with E-state index in [1.54, 1.807) is 12.1 Å². The molecule has 1 N–H and O–H groups in total. The molecule has 2 aromatic rings. The number of rotatable bonds is 3. The normalized spacial score (nSPS) is 22.0. The number of para-hydroxylation sites is 1. The Morgan fingerprint density at radius 3 is 2.62 bits per heavy atom. The van der Waals surface area contributed by atoms with Crippen LogP contribution in [-0.4, -0.2) is 35.7 Å². The first-order chi connectivity index (χ1) is 12.1. The zero-order valence-corrected chi connectivity index (χ0v) is 16.2. The van der Waals surface area contributed by atoms with Crippen molar-refractivity contribution in [3.05, 3.63) is 59.9 Å². The standard InChI is InChI=1S/C20H22FN2O2.BrH/c1-25-16-10-11-17(18(21)13-16)20(24)14-22(15-7-3-2-4-8-15)19-9-5-6-12-23(19)20;/h2-4,7-8,10-11,13,24H,5-6,9,12,14H2,1H3;1H/q+1;/p-1. The topological polar surface area (TPSA) is 35.7 Å². The number of halogens is 2. The van der Waals surface area contributed by atoms with Crippen LogP contribution in [0.2, 0.25) is 0 Å². The summed E-state index contributed by atoms with van der Waals surface area (Å²) < 4.78 is 21.8. The fourth-order valence-electron chi connectivity index (χ4n) is 3.92. The van der Waals surface area contributed by atoms with Crippen molar-refractivity contribution < 1.29 is 35.8 Å². The molecule has 4 rings (SSSR count). The predicted octanol–water partition coefficient (Wildman–Crippen LogP) is 0.0985. The molecular formula is C20H22BrFN2O2. The molecule has 0 fully saturated rings. The van der Waals surface area contributed by atoms with Gasteiger partial charge < -0.3 is 26.8 Å². The first-order valence-corrected chi connectivity index (χ1v) is 8.66. The van der Waals surface area contributed by atoms with Crippen LogP contribution in [0.15, 0.2) is 48.5 Å². The average Bonchev–Trinajstić information content (AvgIpc) is 2.96.